The molecule has 112 valence electrons. The fourth-order valence-electron chi connectivity index (χ4n) is 1.92. The van der Waals surface area contributed by atoms with Crippen LogP contribution in [0.1, 0.15) is 32.0 Å². The molecular formula is C17H21FN2O. The van der Waals surface area contributed by atoms with Gasteiger partial charge < -0.3 is 10.1 Å². The number of rotatable bonds is 6. The molecule has 0 fully saturated rings. The topological polar surface area (TPSA) is 34.1 Å². The molecule has 1 N–H and O–H groups in total. The molecule has 0 saturated carbocycles. The Balaban J connectivity index is 2.22. The zero-order chi connectivity index (χ0) is 15.2. The van der Waals surface area contributed by atoms with Gasteiger partial charge in [-0.05, 0) is 30.2 Å². The van der Waals surface area contributed by atoms with E-state index in [1.165, 1.54) is 6.07 Å². The summed E-state index contributed by atoms with van der Waals surface area (Å²) in [6.07, 6.45) is 0.809. The second-order valence-electron chi connectivity index (χ2n) is 5.23. The van der Waals surface area contributed by atoms with Crippen LogP contribution >= 0.6 is 0 Å². The van der Waals surface area contributed by atoms with Crippen molar-refractivity contribution < 1.29 is 9.13 Å². The molecule has 1 aromatic carbocycles. The minimum absolute atomic E-state index is 0.195. The highest BCUT2D eigenvalue weighted by Gasteiger charge is 2.08. The molecule has 3 nitrogen and oxygen atoms in total. The molecule has 0 aliphatic rings. The van der Waals surface area contributed by atoms with E-state index in [4.69, 9.17) is 4.74 Å². The number of hydrogen-bond acceptors (Lipinski definition) is 3. The standard InChI is InChI=1S/C17H21FN2O/c1-4-14-9-13(11-19-12(2)3)10-17(20-14)21-16-8-6-5-7-15(16)18/h5-10,12,19H,4,11H2,1-3H3. The van der Waals surface area contributed by atoms with Crippen molar-refractivity contribution in [2.75, 3.05) is 0 Å². The summed E-state index contributed by atoms with van der Waals surface area (Å²) in [4.78, 5) is 4.40. The second-order valence-corrected chi connectivity index (χ2v) is 5.23. The maximum atomic E-state index is 13.6. The Kier molecular flexibility index (Phi) is 5.28. The molecule has 0 radical (unpaired) electrons. The molecule has 0 aliphatic carbocycles. The molecule has 0 spiro atoms. The van der Waals surface area contributed by atoms with Gasteiger partial charge in [0, 0.05) is 24.3 Å². The fraction of sp³-hybridized carbons (Fsp3) is 0.353. The summed E-state index contributed by atoms with van der Waals surface area (Å²) in [6.45, 7) is 6.97. The molecule has 2 aromatic rings. The monoisotopic (exact) mass is 288 g/mol. The summed E-state index contributed by atoms with van der Waals surface area (Å²) >= 11 is 0. The number of ether oxygens (including phenoxy) is 1. The lowest BCUT2D eigenvalue weighted by molar-refractivity contribution is 0.425. The van der Waals surface area contributed by atoms with Crippen molar-refractivity contribution in [3.8, 4) is 11.6 Å². The highest BCUT2D eigenvalue weighted by atomic mass is 19.1. The predicted molar refractivity (Wildman–Crippen MR) is 82.1 cm³/mol. The molecule has 1 aromatic heterocycles. The smallest absolute Gasteiger partial charge is 0.219 e. The Morgan fingerprint density at radius 2 is 2.00 bits per heavy atom. The van der Waals surface area contributed by atoms with E-state index in [1.807, 2.05) is 19.1 Å². The van der Waals surface area contributed by atoms with Crippen molar-refractivity contribution in [2.24, 2.45) is 0 Å². The lowest BCUT2D eigenvalue weighted by atomic mass is 10.2. The van der Waals surface area contributed by atoms with Crippen LogP contribution in [-0.4, -0.2) is 11.0 Å². The molecule has 0 atom stereocenters. The Bertz CT molecular complexity index is 599. The Labute approximate surface area is 125 Å². The predicted octanol–water partition coefficient (Wildman–Crippen LogP) is 4.07. The number of pyridine rings is 1. The minimum atomic E-state index is -0.386. The summed E-state index contributed by atoms with van der Waals surface area (Å²) in [7, 11) is 0. The molecule has 1 heterocycles. The maximum Gasteiger partial charge on any atom is 0.219 e. The van der Waals surface area contributed by atoms with Gasteiger partial charge in [-0.3, -0.25) is 0 Å². The molecule has 0 bridgehead atoms. The van der Waals surface area contributed by atoms with Crippen LogP contribution in [0.15, 0.2) is 36.4 Å². The highest BCUT2D eigenvalue weighted by molar-refractivity contribution is 5.31. The molecule has 0 saturated heterocycles. The summed E-state index contributed by atoms with van der Waals surface area (Å²) in [5.74, 6) is 0.240. The Morgan fingerprint density at radius 3 is 2.67 bits per heavy atom. The first-order valence-electron chi connectivity index (χ1n) is 7.24. The van der Waals surface area contributed by atoms with E-state index in [9.17, 15) is 4.39 Å². The third-order valence-electron chi connectivity index (χ3n) is 3.04. The van der Waals surface area contributed by atoms with Crippen LogP contribution in [0.4, 0.5) is 4.39 Å². The number of aryl methyl sites for hydroxylation is 1. The molecular weight excluding hydrogens is 267 g/mol. The zero-order valence-corrected chi connectivity index (χ0v) is 12.7. The van der Waals surface area contributed by atoms with Crippen LogP contribution < -0.4 is 10.1 Å². The fourth-order valence-corrected chi connectivity index (χ4v) is 1.92. The first-order valence-corrected chi connectivity index (χ1v) is 7.24. The normalized spacial score (nSPS) is 10.9. The molecule has 0 amide bonds. The van der Waals surface area contributed by atoms with Gasteiger partial charge >= 0.3 is 0 Å². The first-order chi connectivity index (χ1) is 10.1. The Morgan fingerprint density at radius 1 is 1.24 bits per heavy atom. The second kappa shape index (κ2) is 7.18. The van der Waals surface area contributed by atoms with Crippen LogP contribution in [0.2, 0.25) is 0 Å². The number of nitrogens with one attached hydrogen (secondary N) is 1. The molecule has 0 aliphatic heterocycles. The maximum absolute atomic E-state index is 13.6. The Hall–Kier alpha value is -1.94. The van der Waals surface area contributed by atoms with Crippen LogP contribution in [0.25, 0.3) is 0 Å². The average Bonchev–Trinajstić information content (AvgIpc) is 2.47. The van der Waals surface area contributed by atoms with E-state index >= 15 is 0 Å². The van der Waals surface area contributed by atoms with Crippen molar-refractivity contribution >= 4 is 0 Å². The van der Waals surface area contributed by atoms with E-state index in [0.29, 0.717) is 11.9 Å². The van der Waals surface area contributed by atoms with Gasteiger partial charge in [0.15, 0.2) is 11.6 Å². The van der Waals surface area contributed by atoms with Crippen molar-refractivity contribution in [3.63, 3.8) is 0 Å². The van der Waals surface area contributed by atoms with Gasteiger partial charge in [-0.15, -0.1) is 0 Å². The third kappa shape index (κ3) is 4.53. The SMILES string of the molecule is CCc1cc(CNC(C)C)cc(Oc2ccccc2F)n1. The van der Waals surface area contributed by atoms with Crippen molar-refractivity contribution in [3.05, 3.63) is 53.5 Å². The number of benzene rings is 1. The van der Waals surface area contributed by atoms with Crippen LogP contribution in [-0.2, 0) is 13.0 Å². The number of nitrogens with zero attached hydrogens (tertiary/aromatic N) is 1. The van der Waals surface area contributed by atoms with E-state index in [1.54, 1.807) is 18.2 Å². The third-order valence-corrected chi connectivity index (χ3v) is 3.04. The van der Waals surface area contributed by atoms with Gasteiger partial charge in [0.05, 0.1) is 0 Å². The number of para-hydroxylation sites is 1. The largest absolute Gasteiger partial charge is 0.436 e. The molecule has 0 unspecified atom stereocenters. The quantitative estimate of drug-likeness (QED) is 0.870. The van der Waals surface area contributed by atoms with E-state index < -0.39 is 0 Å². The van der Waals surface area contributed by atoms with Gasteiger partial charge in [0.25, 0.3) is 0 Å². The highest BCUT2D eigenvalue weighted by Crippen LogP contribution is 2.24. The number of aromatic nitrogens is 1. The average molecular weight is 288 g/mol. The lowest BCUT2D eigenvalue weighted by Gasteiger charge is -2.12. The van der Waals surface area contributed by atoms with Crippen LogP contribution in [0.3, 0.4) is 0 Å². The van der Waals surface area contributed by atoms with Crippen molar-refractivity contribution in [1.29, 1.82) is 0 Å². The van der Waals surface area contributed by atoms with E-state index in [0.717, 1.165) is 24.2 Å². The minimum Gasteiger partial charge on any atom is -0.436 e. The first kappa shape index (κ1) is 15.4. The molecule has 4 heteroatoms. The zero-order valence-electron chi connectivity index (χ0n) is 12.7. The van der Waals surface area contributed by atoms with Gasteiger partial charge in [0.1, 0.15) is 0 Å². The van der Waals surface area contributed by atoms with Gasteiger partial charge in [-0.1, -0.05) is 32.9 Å². The van der Waals surface area contributed by atoms with Crippen molar-refractivity contribution in [1.82, 2.24) is 10.3 Å². The summed E-state index contributed by atoms with van der Waals surface area (Å²) in [5.41, 5.74) is 2.02. The van der Waals surface area contributed by atoms with Crippen LogP contribution in [0, 0.1) is 5.82 Å². The van der Waals surface area contributed by atoms with Gasteiger partial charge in [-0.25, -0.2) is 9.37 Å². The lowest BCUT2D eigenvalue weighted by Crippen LogP contribution is -2.22. The summed E-state index contributed by atoms with van der Waals surface area (Å²) < 4.78 is 19.2. The summed E-state index contributed by atoms with van der Waals surface area (Å²) in [5, 5.41) is 3.36. The molecule has 21 heavy (non-hydrogen) atoms. The molecule has 2 rings (SSSR count). The van der Waals surface area contributed by atoms with Gasteiger partial charge in [0.2, 0.25) is 5.88 Å². The van der Waals surface area contributed by atoms with Gasteiger partial charge in [-0.2, -0.15) is 0 Å². The van der Waals surface area contributed by atoms with E-state index in [2.05, 4.69) is 24.1 Å². The van der Waals surface area contributed by atoms with E-state index in [-0.39, 0.29) is 11.6 Å². The number of halogens is 1. The van der Waals surface area contributed by atoms with Crippen LogP contribution in [0.5, 0.6) is 11.6 Å². The number of hydrogen-bond donors (Lipinski definition) is 1. The summed E-state index contributed by atoms with van der Waals surface area (Å²) in [6, 6.07) is 10.6. The van der Waals surface area contributed by atoms with Crippen molar-refractivity contribution in [2.45, 2.75) is 39.8 Å².